The number of nitriles is 1. The Balaban J connectivity index is 1.77. The van der Waals surface area contributed by atoms with Gasteiger partial charge in [0.15, 0.2) is 5.13 Å². The third-order valence-corrected chi connectivity index (χ3v) is 5.36. The van der Waals surface area contributed by atoms with E-state index in [2.05, 4.69) is 21.1 Å². The summed E-state index contributed by atoms with van der Waals surface area (Å²) >= 11 is 1.32. The van der Waals surface area contributed by atoms with E-state index in [1.54, 1.807) is 12.1 Å². The fourth-order valence-corrected chi connectivity index (χ4v) is 3.93. The fraction of sp³-hybridized carbons (Fsp3) is 0.389. The number of anilines is 1. The van der Waals surface area contributed by atoms with E-state index in [9.17, 15) is 18.8 Å². The van der Waals surface area contributed by atoms with E-state index >= 15 is 0 Å². The van der Waals surface area contributed by atoms with Gasteiger partial charge in [0.05, 0.1) is 11.8 Å². The zero-order valence-corrected chi connectivity index (χ0v) is 14.9. The highest BCUT2D eigenvalue weighted by Crippen LogP contribution is 2.39. The Kier molecular flexibility index (Phi) is 5.18. The number of hydrogen-bond donors (Lipinski definition) is 1. The average molecular weight is 377 g/mol. The molecule has 1 amide bonds. The van der Waals surface area contributed by atoms with Gasteiger partial charge in [-0.25, -0.2) is 4.98 Å². The molecule has 1 aliphatic carbocycles. The van der Waals surface area contributed by atoms with Gasteiger partial charge in [-0.3, -0.25) is 4.79 Å². The molecule has 0 radical (unpaired) electrons. The van der Waals surface area contributed by atoms with Crippen LogP contribution in [0.1, 0.15) is 30.6 Å². The Labute approximate surface area is 153 Å². The summed E-state index contributed by atoms with van der Waals surface area (Å²) in [5, 5.41) is 12.6. The third-order valence-electron chi connectivity index (χ3n) is 4.48. The summed E-state index contributed by atoms with van der Waals surface area (Å²) in [7, 11) is 0. The number of carbonyl (C=O) groups is 1. The van der Waals surface area contributed by atoms with Crippen molar-refractivity contribution in [2.45, 2.75) is 39.2 Å². The number of aromatic nitrogens is 1. The van der Waals surface area contributed by atoms with Crippen LogP contribution < -0.4 is 10.1 Å². The van der Waals surface area contributed by atoms with Gasteiger partial charge >= 0.3 is 6.61 Å². The number of rotatable bonds is 5. The van der Waals surface area contributed by atoms with Crippen LogP contribution in [0.15, 0.2) is 24.3 Å². The molecule has 1 saturated carbocycles. The van der Waals surface area contributed by atoms with Crippen molar-refractivity contribution in [3.05, 3.63) is 29.1 Å². The molecule has 5 nitrogen and oxygen atoms in total. The van der Waals surface area contributed by atoms with E-state index in [0.717, 1.165) is 23.3 Å². The van der Waals surface area contributed by atoms with Crippen molar-refractivity contribution in [3.63, 3.8) is 0 Å². The van der Waals surface area contributed by atoms with Crippen molar-refractivity contribution in [2.75, 3.05) is 5.32 Å². The van der Waals surface area contributed by atoms with E-state index in [4.69, 9.17) is 0 Å². The number of nitrogens with one attached hydrogen (secondary N) is 1. The van der Waals surface area contributed by atoms with Crippen molar-refractivity contribution in [1.82, 2.24) is 4.98 Å². The smallest absolute Gasteiger partial charge is 0.387 e. The number of hydrogen-bond acceptors (Lipinski definition) is 5. The molecule has 0 aliphatic heterocycles. The molecule has 3 rings (SSSR count). The van der Waals surface area contributed by atoms with E-state index in [1.807, 2.05) is 6.92 Å². The zero-order chi connectivity index (χ0) is 18.7. The van der Waals surface area contributed by atoms with Crippen LogP contribution in [0.4, 0.5) is 13.9 Å². The minimum Gasteiger partial charge on any atom is -0.435 e. The first-order chi connectivity index (χ1) is 12.4. The number of ether oxygens (including phenoxy) is 1. The normalized spacial score (nSPS) is 15.7. The second-order valence-corrected chi connectivity index (χ2v) is 7.39. The average Bonchev–Trinajstić information content (AvgIpc) is 3.22. The molecule has 8 heteroatoms. The first-order valence-corrected chi connectivity index (χ1v) is 9.00. The highest BCUT2D eigenvalue weighted by molar-refractivity contribution is 7.16. The fourth-order valence-electron chi connectivity index (χ4n) is 3.10. The van der Waals surface area contributed by atoms with E-state index in [-0.39, 0.29) is 11.7 Å². The van der Waals surface area contributed by atoms with Crippen molar-refractivity contribution < 1.29 is 18.3 Å². The number of amides is 1. The summed E-state index contributed by atoms with van der Waals surface area (Å²) < 4.78 is 28.8. The van der Waals surface area contributed by atoms with Gasteiger partial charge in [-0.2, -0.15) is 14.0 Å². The van der Waals surface area contributed by atoms with Gasteiger partial charge in [-0.05, 0) is 44.0 Å². The van der Waals surface area contributed by atoms with Crippen LogP contribution in [-0.2, 0) is 4.79 Å². The Morgan fingerprint density at radius 1 is 1.35 bits per heavy atom. The summed E-state index contributed by atoms with van der Waals surface area (Å²) in [6, 6.07) is 8.33. The highest BCUT2D eigenvalue weighted by Gasteiger charge is 2.41. The molecule has 2 aromatic rings. The Morgan fingerprint density at radius 2 is 2.00 bits per heavy atom. The van der Waals surface area contributed by atoms with Crippen LogP contribution in [0.3, 0.4) is 0 Å². The molecule has 26 heavy (non-hydrogen) atoms. The van der Waals surface area contributed by atoms with E-state index in [0.29, 0.717) is 23.7 Å². The highest BCUT2D eigenvalue weighted by atomic mass is 32.1. The third kappa shape index (κ3) is 3.68. The number of aryl methyl sites for hydroxylation is 1. The number of carbonyl (C=O) groups excluding carboxylic acids is 1. The lowest BCUT2D eigenvalue weighted by molar-refractivity contribution is -0.122. The lowest BCUT2D eigenvalue weighted by Gasteiger charge is -2.17. The lowest BCUT2D eigenvalue weighted by atomic mass is 9.87. The number of alkyl halides is 2. The zero-order valence-electron chi connectivity index (χ0n) is 14.1. The first kappa shape index (κ1) is 18.3. The maximum Gasteiger partial charge on any atom is 0.387 e. The number of nitrogens with zero attached hydrogens (tertiary/aromatic N) is 2. The van der Waals surface area contributed by atoms with Crippen molar-refractivity contribution in [1.29, 1.82) is 5.26 Å². The number of thiazole rings is 1. The molecule has 1 N–H and O–H groups in total. The second kappa shape index (κ2) is 7.38. The van der Waals surface area contributed by atoms with Crippen molar-refractivity contribution in [2.24, 2.45) is 5.41 Å². The van der Waals surface area contributed by atoms with Gasteiger partial charge in [0.1, 0.15) is 11.2 Å². The van der Waals surface area contributed by atoms with Gasteiger partial charge in [-0.1, -0.05) is 12.8 Å². The maximum absolute atomic E-state index is 12.5. The van der Waals surface area contributed by atoms with Crippen LogP contribution in [0.2, 0.25) is 0 Å². The minimum atomic E-state index is -2.87. The molecule has 1 aliphatic rings. The first-order valence-electron chi connectivity index (χ1n) is 8.19. The molecule has 1 aromatic carbocycles. The van der Waals surface area contributed by atoms with Gasteiger partial charge in [0, 0.05) is 10.4 Å². The molecule has 1 fully saturated rings. The molecule has 0 saturated heterocycles. The number of benzene rings is 1. The van der Waals surface area contributed by atoms with Gasteiger partial charge in [-0.15, -0.1) is 11.3 Å². The quantitative estimate of drug-likeness (QED) is 0.816. The summed E-state index contributed by atoms with van der Waals surface area (Å²) in [6.45, 7) is -1.01. The summed E-state index contributed by atoms with van der Waals surface area (Å²) in [5.74, 6) is -0.235. The van der Waals surface area contributed by atoms with Crippen LogP contribution in [0.25, 0.3) is 11.3 Å². The Bertz CT molecular complexity index is 837. The summed E-state index contributed by atoms with van der Waals surface area (Å²) in [6.07, 6.45) is 2.88. The molecule has 1 aromatic heterocycles. The van der Waals surface area contributed by atoms with Crippen LogP contribution in [-0.4, -0.2) is 17.5 Å². The summed E-state index contributed by atoms with van der Waals surface area (Å²) in [5.41, 5.74) is 0.427. The van der Waals surface area contributed by atoms with E-state index < -0.39 is 12.0 Å². The molecule has 0 bridgehead atoms. The van der Waals surface area contributed by atoms with Crippen molar-refractivity contribution >= 4 is 22.4 Å². The van der Waals surface area contributed by atoms with Crippen LogP contribution in [0.5, 0.6) is 5.75 Å². The molecule has 0 unspecified atom stereocenters. The predicted octanol–water partition coefficient (Wildman–Crippen LogP) is 4.74. The topological polar surface area (TPSA) is 75.0 Å². The number of halogens is 2. The lowest BCUT2D eigenvalue weighted by Crippen LogP contribution is -2.32. The van der Waals surface area contributed by atoms with E-state index in [1.165, 1.54) is 23.5 Å². The molecular weight excluding hydrogens is 360 g/mol. The Hall–Kier alpha value is -2.53. The van der Waals surface area contributed by atoms with Gasteiger partial charge in [0.25, 0.3) is 0 Å². The van der Waals surface area contributed by atoms with Crippen molar-refractivity contribution in [3.8, 4) is 23.1 Å². The largest absolute Gasteiger partial charge is 0.435 e. The molecule has 0 atom stereocenters. The minimum absolute atomic E-state index is 0.0716. The predicted molar refractivity (Wildman–Crippen MR) is 94.1 cm³/mol. The SMILES string of the molecule is Cc1sc(NC(=O)C2(C#N)CCCC2)nc1-c1ccc(OC(F)F)cc1. The van der Waals surface area contributed by atoms with Gasteiger partial charge < -0.3 is 10.1 Å². The Morgan fingerprint density at radius 3 is 2.58 bits per heavy atom. The van der Waals surface area contributed by atoms with Gasteiger partial charge in [0.2, 0.25) is 5.91 Å². The molecule has 136 valence electrons. The maximum atomic E-state index is 12.5. The monoisotopic (exact) mass is 377 g/mol. The molecular formula is C18H17F2N3O2S. The van der Waals surface area contributed by atoms with Crippen LogP contribution >= 0.6 is 11.3 Å². The van der Waals surface area contributed by atoms with Crippen LogP contribution in [0, 0.1) is 23.7 Å². The summed E-state index contributed by atoms with van der Waals surface area (Å²) in [4.78, 5) is 17.8. The molecule has 0 spiro atoms. The standard InChI is InChI=1S/C18H17F2N3O2S/c1-11-14(12-4-6-13(7-5-12)25-16(19)20)22-17(26-11)23-15(24)18(10-21)8-2-3-9-18/h4-7,16H,2-3,8-9H2,1H3,(H,22,23,24). The molecule has 1 heterocycles. The second-order valence-electron chi connectivity index (χ2n) is 6.18.